The van der Waals surface area contributed by atoms with Crippen LogP contribution in [0.15, 0.2) is 18.2 Å². The third-order valence-electron chi connectivity index (χ3n) is 5.03. The summed E-state index contributed by atoms with van der Waals surface area (Å²) < 4.78 is 5.08. The minimum absolute atomic E-state index is 0.00847. The number of nitrogens with two attached hydrogens (primary N) is 1. The molecule has 1 aromatic rings. The van der Waals surface area contributed by atoms with Crippen molar-refractivity contribution in [3.63, 3.8) is 0 Å². The molecule has 1 heterocycles. The third-order valence-corrected chi connectivity index (χ3v) is 5.03. The van der Waals surface area contributed by atoms with Gasteiger partial charge in [0.1, 0.15) is 12.3 Å². The normalized spacial score (nSPS) is 18.1. The quantitative estimate of drug-likeness (QED) is 0.847. The Labute approximate surface area is 152 Å². The molecule has 4 amide bonds. The second kappa shape index (κ2) is 7.63. The number of anilines is 1. The van der Waals surface area contributed by atoms with E-state index in [-0.39, 0.29) is 24.0 Å². The van der Waals surface area contributed by atoms with Crippen molar-refractivity contribution in [2.45, 2.75) is 31.7 Å². The molecule has 3 rings (SSSR count). The number of primary amides is 1. The summed E-state index contributed by atoms with van der Waals surface area (Å²) in [5.74, 6) is -0.306. The molecule has 8 heteroatoms. The zero-order chi connectivity index (χ0) is 18.7. The molecule has 0 unspecified atom stereocenters. The number of hydrogen-bond donors (Lipinski definition) is 2. The summed E-state index contributed by atoms with van der Waals surface area (Å²) in [6, 6.07) is 4.62. The molecule has 0 bridgehead atoms. The van der Waals surface area contributed by atoms with Crippen molar-refractivity contribution in [1.29, 1.82) is 0 Å². The highest BCUT2D eigenvalue weighted by Crippen LogP contribution is 2.25. The van der Waals surface area contributed by atoms with E-state index >= 15 is 0 Å². The minimum atomic E-state index is -0.640. The van der Waals surface area contributed by atoms with Crippen molar-refractivity contribution in [2.75, 3.05) is 32.1 Å². The standard InChI is InChI=1S/C18H24N4O4/c1-26-15-7-6-12(10-14(15)17(19)24)20-18(25)21-8-9-22(16(23)11-21)13-4-2-3-5-13/h6-7,10,13H,2-5,8-9,11H2,1H3,(H2,19,24)(H,20,25). The lowest BCUT2D eigenvalue weighted by atomic mass is 10.1. The van der Waals surface area contributed by atoms with Crippen LogP contribution in [-0.2, 0) is 4.79 Å². The van der Waals surface area contributed by atoms with Crippen LogP contribution in [0.25, 0.3) is 0 Å². The first-order valence-electron chi connectivity index (χ1n) is 8.83. The summed E-state index contributed by atoms with van der Waals surface area (Å²) in [6.45, 7) is 1.13. The maximum Gasteiger partial charge on any atom is 0.322 e. The zero-order valence-corrected chi connectivity index (χ0v) is 14.9. The summed E-state index contributed by atoms with van der Waals surface area (Å²) in [5, 5.41) is 2.72. The Balaban J connectivity index is 1.63. The van der Waals surface area contributed by atoms with E-state index in [2.05, 4.69) is 5.32 Å². The minimum Gasteiger partial charge on any atom is -0.496 e. The van der Waals surface area contributed by atoms with Gasteiger partial charge < -0.3 is 25.6 Å². The molecule has 0 radical (unpaired) electrons. The summed E-state index contributed by atoms with van der Waals surface area (Å²) in [6.07, 6.45) is 4.44. The van der Waals surface area contributed by atoms with E-state index in [0.717, 1.165) is 25.7 Å². The van der Waals surface area contributed by atoms with Gasteiger partial charge >= 0.3 is 6.03 Å². The second-order valence-corrected chi connectivity index (χ2v) is 6.66. The van der Waals surface area contributed by atoms with Gasteiger partial charge in [0.15, 0.2) is 0 Å². The van der Waals surface area contributed by atoms with Gasteiger partial charge in [-0.15, -0.1) is 0 Å². The van der Waals surface area contributed by atoms with Crippen molar-refractivity contribution in [2.24, 2.45) is 5.73 Å². The number of hydrogen-bond acceptors (Lipinski definition) is 4. The molecule has 1 saturated carbocycles. The van der Waals surface area contributed by atoms with Crippen molar-refractivity contribution in [3.05, 3.63) is 23.8 Å². The van der Waals surface area contributed by atoms with Crippen LogP contribution in [0.2, 0.25) is 0 Å². The van der Waals surface area contributed by atoms with Crippen molar-refractivity contribution in [1.82, 2.24) is 9.80 Å². The van der Waals surface area contributed by atoms with Crippen molar-refractivity contribution < 1.29 is 19.1 Å². The zero-order valence-electron chi connectivity index (χ0n) is 14.9. The number of piperazine rings is 1. The Morgan fingerprint density at radius 2 is 1.96 bits per heavy atom. The molecule has 0 spiro atoms. The average molecular weight is 360 g/mol. The fraction of sp³-hybridized carbons (Fsp3) is 0.500. The molecule has 0 aromatic heterocycles. The molecule has 140 valence electrons. The molecule has 3 N–H and O–H groups in total. The van der Waals surface area contributed by atoms with Crippen LogP contribution in [0.3, 0.4) is 0 Å². The molecule has 1 aliphatic heterocycles. The molecular weight excluding hydrogens is 336 g/mol. The van der Waals surface area contributed by atoms with Crippen LogP contribution in [0.1, 0.15) is 36.0 Å². The first-order chi connectivity index (χ1) is 12.5. The fourth-order valence-corrected chi connectivity index (χ4v) is 3.64. The summed E-state index contributed by atoms with van der Waals surface area (Å²) in [5.41, 5.74) is 5.95. The number of benzene rings is 1. The summed E-state index contributed by atoms with van der Waals surface area (Å²) in [4.78, 5) is 39.8. The topological polar surface area (TPSA) is 105 Å². The lowest BCUT2D eigenvalue weighted by Gasteiger charge is -2.37. The predicted molar refractivity (Wildman–Crippen MR) is 96.1 cm³/mol. The van der Waals surface area contributed by atoms with E-state index in [1.807, 2.05) is 4.90 Å². The van der Waals surface area contributed by atoms with Gasteiger partial charge in [0, 0.05) is 24.8 Å². The molecule has 2 aliphatic rings. The highest BCUT2D eigenvalue weighted by Gasteiger charge is 2.32. The maximum absolute atomic E-state index is 12.5. The number of urea groups is 1. The fourth-order valence-electron chi connectivity index (χ4n) is 3.64. The van der Waals surface area contributed by atoms with Gasteiger partial charge in [0.2, 0.25) is 5.91 Å². The lowest BCUT2D eigenvalue weighted by Crippen LogP contribution is -2.55. The number of nitrogens with one attached hydrogen (secondary N) is 1. The van der Waals surface area contributed by atoms with Gasteiger partial charge in [-0.3, -0.25) is 9.59 Å². The number of amides is 4. The number of methoxy groups -OCH3 is 1. The molecule has 1 aliphatic carbocycles. The lowest BCUT2D eigenvalue weighted by molar-refractivity contribution is -0.137. The Hall–Kier alpha value is -2.77. The molecule has 1 aromatic carbocycles. The monoisotopic (exact) mass is 360 g/mol. The highest BCUT2D eigenvalue weighted by molar-refractivity contribution is 5.99. The molecule has 2 fully saturated rings. The highest BCUT2D eigenvalue weighted by atomic mass is 16.5. The predicted octanol–water partition coefficient (Wildman–Crippen LogP) is 1.41. The Bertz CT molecular complexity index is 715. The van der Waals surface area contributed by atoms with E-state index in [4.69, 9.17) is 10.5 Å². The molecular formula is C18H24N4O4. The Morgan fingerprint density at radius 1 is 1.23 bits per heavy atom. The third kappa shape index (κ3) is 3.74. The first-order valence-corrected chi connectivity index (χ1v) is 8.83. The van der Waals surface area contributed by atoms with Crippen molar-refractivity contribution >= 4 is 23.5 Å². The second-order valence-electron chi connectivity index (χ2n) is 6.66. The van der Waals surface area contributed by atoms with Crippen molar-refractivity contribution in [3.8, 4) is 5.75 Å². The number of carbonyl (C=O) groups excluding carboxylic acids is 3. The molecule has 8 nitrogen and oxygen atoms in total. The van der Waals surface area contributed by atoms with Crippen LogP contribution in [0.4, 0.5) is 10.5 Å². The number of nitrogens with zero attached hydrogens (tertiary/aromatic N) is 2. The van der Waals surface area contributed by atoms with Gasteiger partial charge in [-0.25, -0.2) is 4.79 Å². The molecule has 0 atom stereocenters. The Morgan fingerprint density at radius 3 is 2.58 bits per heavy atom. The average Bonchev–Trinajstić information content (AvgIpc) is 3.15. The van der Waals surface area contributed by atoms with E-state index in [0.29, 0.717) is 30.6 Å². The summed E-state index contributed by atoms with van der Waals surface area (Å²) in [7, 11) is 1.44. The largest absolute Gasteiger partial charge is 0.496 e. The smallest absolute Gasteiger partial charge is 0.322 e. The van der Waals surface area contributed by atoms with E-state index in [1.165, 1.54) is 18.1 Å². The molecule has 1 saturated heterocycles. The number of carbonyl (C=O) groups is 3. The SMILES string of the molecule is COc1ccc(NC(=O)N2CCN(C3CCCC3)C(=O)C2)cc1C(N)=O. The van der Waals surface area contributed by atoms with Crippen LogP contribution in [0.5, 0.6) is 5.75 Å². The van der Waals surface area contributed by atoms with E-state index in [9.17, 15) is 14.4 Å². The Kier molecular flexibility index (Phi) is 5.29. The van der Waals surface area contributed by atoms with E-state index < -0.39 is 5.91 Å². The van der Waals surface area contributed by atoms with Crippen LogP contribution in [0, 0.1) is 0 Å². The number of ether oxygens (including phenoxy) is 1. The van der Waals surface area contributed by atoms with Gasteiger partial charge in [-0.1, -0.05) is 12.8 Å². The first kappa shape index (κ1) is 18.0. The number of rotatable bonds is 4. The van der Waals surface area contributed by atoms with E-state index in [1.54, 1.807) is 12.1 Å². The van der Waals surface area contributed by atoms with Gasteiger partial charge in [0.05, 0.1) is 12.7 Å². The van der Waals surface area contributed by atoms with Gasteiger partial charge in [0.25, 0.3) is 5.91 Å². The van der Waals surface area contributed by atoms with Crippen LogP contribution >= 0.6 is 0 Å². The molecule has 26 heavy (non-hydrogen) atoms. The van der Waals surface area contributed by atoms with Crippen LogP contribution in [-0.4, -0.2) is 60.4 Å². The maximum atomic E-state index is 12.5. The van der Waals surface area contributed by atoms with Gasteiger partial charge in [-0.2, -0.15) is 0 Å². The van der Waals surface area contributed by atoms with Gasteiger partial charge in [-0.05, 0) is 31.0 Å². The summed E-state index contributed by atoms with van der Waals surface area (Å²) >= 11 is 0. The van der Waals surface area contributed by atoms with Crippen LogP contribution < -0.4 is 15.8 Å².